The first-order valence-electron chi connectivity index (χ1n) is 10.5. The number of carbonyl (C=O) groups excluding carboxylic acids is 2. The van der Waals surface area contributed by atoms with E-state index in [0.717, 1.165) is 27.8 Å². The second-order valence-electron chi connectivity index (χ2n) is 7.76. The highest BCUT2D eigenvalue weighted by Gasteiger charge is 2.32. The van der Waals surface area contributed by atoms with E-state index < -0.39 is 0 Å². The summed E-state index contributed by atoms with van der Waals surface area (Å²) in [7, 11) is 3.15. The van der Waals surface area contributed by atoms with Crippen LogP contribution in [-0.2, 0) is 29.1 Å². The molecule has 0 bridgehead atoms. The van der Waals surface area contributed by atoms with Crippen molar-refractivity contribution in [1.29, 1.82) is 0 Å². The number of benzene rings is 2. The highest BCUT2D eigenvalue weighted by molar-refractivity contribution is 6.30. The molecule has 2 aromatic carbocycles. The fourth-order valence-corrected chi connectivity index (χ4v) is 3.94. The Morgan fingerprint density at radius 3 is 2.50 bits per heavy atom. The van der Waals surface area contributed by atoms with Crippen molar-refractivity contribution in [3.8, 4) is 11.5 Å². The molecule has 0 saturated heterocycles. The highest BCUT2D eigenvalue weighted by Crippen LogP contribution is 2.42. The maximum atomic E-state index is 12.2. The predicted molar refractivity (Wildman–Crippen MR) is 123 cm³/mol. The molecule has 1 heterocycles. The minimum Gasteiger partial charge on any atom is -0.496 e. The number of allylic oxidation sites excluding steroid dienone is 2. The van der Waals surface area contributed by atoms with Gasteiger partial charge in [-0.15, -0.1) is 0 Å². The first-order chi connectivity index (χ1) is 15.3. The fourth-order valence-electron chi connectivity index (χ4n) is 3.82. The van der Waals surface area contributed by atoms with Gasteiger partial charge < -0.3 is 19.5 Å². The van der Waals surface area contributed by atoms with Gasteiger partial charge >= 0.3 is 5.97 Å². The van der Waals surface area contributed by atoms with Gasteiger partial charge in [-0.05, 0) is 49.9 Å². The van der Waals surface area contributed by atoms with Crippen LogP contribution in [0.15, 0.2) is 35.9 Å². The number of hydrogen-bond acceptors (Lipinski definition) is 5. The summed E-state index contributed by atoms with van der Waals surface area (Å²) in [6.45, 7) is 4.61. The zero-order chi connectivity index (χ0) is 23.3. The van der Waals surface area contributed by atoms with Crippen molar-refractivity contribution in [3.05, 3.63) is 68.8 Å². The lowest BCUT2D eigenvalue weighted by molar-refractivity contribution is -0.121. The van der Waals surface area contributed by atoms with E-state index in [1.54, 1.807) is 26.4 Å². The third kappa shape index (κ3) is 5.25. The zero-order valence-corrected chi connectivity index (χ0v) is 19.6. The molecule has 32 heavy (non-hydrogen) atoms. The summed E-state index contributed by atoms with van der Waals surface area (Å²) in [6, 6.07) is 7.39. The van der Waals surface area contributed by atoms with Gasteiger partial charge in [0.2, 0.25) is 5.91 Å². The minimum atomic E-state index is -0.373. The largest absolute Gasteiger partial charge is 0.496 e. The maximum Gasteiger partial charge on any atom is 0.342 e. The summed E-state index contributed by atoms with van der Waals surface area (Å²) >= 11 is 5.88. The molecule has 0 fully saturated rings. The quantitative estimate of drug-likeness (QED) is 0.427. The Morgan fingerprint density at radius 1 is 1.16 bits per heavy atom. The van der Waals surface area contributed by atoms with Gasteiger partial charge in [-0.25, -0.2) is 4.79 Å². The molecular weight excluding hydrogens is 430 g/mol. The molecule has 0 atom stereocenters. The number of amides is 1. The first-order valence-corrected chi connectivity index (χ1v) is 10.8. The van der Waals surface area contributed by atoms with E-state index in [0.29, 0.717) is 47.9 Å². The van der Waals surface area contributed by atoms with Crippen molar-refractivity contribution in [3.63, 3.8) is 0 Å². The normalized spacial score (nSPS) is 12.9. The summed E-state index contributed by atoms with van der Waals surface area (Å²) in [6.07, 6.45) is 3.58. The van der Waals surface area contributed by atoms with Crippen LogP contribution in [0.2, 0.25) is 5.02 Å². The lowest BCUT2D eigenvalue weighted by Crippen LogP contribution is -2.22. The van der Waals surface area contributed by atoms with Gasteiger partial charge in [0.25, 0.3) is 0 Å². The van der Waals surface area contributed by atoms with Gasteiger partial charge in [0.05, 0.1) is 14.2 Å². The van der Waals surface area contributed by atoms with Crippen molar-refractivity contribution < 1.29 is 23.8 Å². The molecule has 0 aliphatic carbocycles. The van der Waals surface area contributed by atoms with E-state index in [4.69, 9.17) is 25.8 Å². The average Bonchev–Trinajstić information content (AvgIpc) is 3.17. The Bertz CT molecular complexity index is 1040. The van der Waals surface area contributed by atoms with Crippen LogP contribution in [0.5, 0.6) is 11.5 Å². The predicted octanol–water partition coefficient (Wildman–Crippen LogP) is 4.92. The van der Waals surface area contributed by atoms with Gasteiger partial charge in [0.1, 0.15) is 23.7 Å². The van der Waals surface area contributed by atoms with E-state index in [9.17, 15) is 9.59 Å². The smallest absolute Gasteiger partial charge is 0.342 e. The molecule has 0 aromatic heterocycles. The molecule has 1 aliphatic heterocycles. The summed E-state index contributed by atoms with van der Waals surface area (Å²) in [4.78, 5) is 24.5. The van der Waals surface area contributed by atoms with Crippen molar-refractivity contribution in [2.45, 2.75) is 46.3 Å². The number of rotatable bonds is 9. The van der Waals surface area contributed by atoms with E-state index in [1.807, 2.05) is 32.1 Å². The number of esters is 1. The van der Waals surface area contributed by atoms with Crippen LogP contribution in [0, 0.1) is 6.92 Å². The molecule has 0 spiro atoms. The standard InChI is InChI=1S/C25H28ClNO5/c1-15(6-12-21(28)27-13-17-7-9-18(26)10-8-17)5-11-19-23(30-3)16(2)20-14-32-25(29)22(20)24(19)31-4/h5,7-10H,6,11-14H2,1-4H3,(H,27,28)/b15-5+. The molecule has 6 nitrogen and oxygen atoms in total. The zero-order valence-electron chi connectivity index (χ0n) is 18.8. The number of ether oxygens (including phenoxy) is 3. The van der Waals surface area contributed by atoms with E-state index in [1.165, 1.54) is 0 Å². The number of nitrogens with one attached hydrogen (secondary N) is 1. The Hall–Kier alpha value is -2.99. The summed E-state index contributed by atoms with van der Waals surface area (Å²) < 4.78 is 16.4. The molecule has 0 saturated carbocycles. The second kappa shape index (κ2) is 10.6. The highest BCUT2D eigenvalue weighted by atomic mass is 35.5. The fraction of sp³-hybridized carbons (Fsp3) is 0.360. The van der Waals surface area contributed by atoms with Crippen LogP contribution in [-0.4, -0.2) is 26.1 Å². The number of hydrogen-bond donors (Lipinski definition) is 1. The van der Waals surface area contributed by atoms with Gasteiger partial charge in [-0.1, -0.05) is 35.4 Å². The number of methoxy groups -OCH3 is 2. The van der Waals surface area contributed by atoms with Crippen molar-refractivity contribution in [1.82, 2.24) is 5.32 Å². The van der Waals surface area contributed by atoms with Gasteiger partial charge in [-0.2, -0.15) is 0 Å². The number of fused-ring (bicyclic) bond motifs is 1. The van der Waals surface area contributed by atoms with Crippen LogP contribution in [0.4, 0.5) is 0 Å². The summed E-state index contributed by atoms with van der Waals surface area (Å²) in [5.74, 6) is 0.805. The maximum absolute atomic E-state index is 12.2. The van der Waals surface area contributed by atoms with Crippen molar-refractivity contribution >= 4 is 23.5 Å². The van der Waals surface area contributed by atoms with E-state index in [2.05, 4.69) is 5.32 Å². The number of cyclic esters (lactones) is 1. The third-order valence-electron chi connectivity index (χ3n) is 5.63. The first kappa shape index (κ1) is 23.7. The minimum absolute atomic E-state index is 0.0148. The molecule has 1 aliphatic rings. The monoisotopic (exact) mass is 457 g/mol. The van der Waals surface area contributed by atoms with Crippen molar-refractivity contribution in [2.75, 3.05) is 14.2 Å². The Morgan fingerprint density at radius 2 is 1.84 bits per heavy atom. The third-order valence-corrected chi connectivity index (χ3v) is 5.89. The van der Waals surface area contributed by atoms with Crippen LogP contribution in [0.25, 0.3) is 0 Å². The summed E-state index contributed by atoms with van der Waals surface area (Å²) in [5.41, 5.74) is 5.04. The second-order valence-corrected chi connectivity index (χ2v) is 8.19. The number of carbonyl (C=O) groups is 2. The average molecular weight is 458 g/mol. The molecule has 1 N–H and O–H groups in total. The Kier molecular flexibility index (Phi) is 7.80. The molecular formula is C25H28ClNO5. The molecule has 3 rings (SSSR count). The van der Waals surface area contributed by atoms with Gasteiger partial charge in [-0.3, -0.25) is 4.79 Å². The molecule has 1 amide bonds. The molecule has 0 radical (unpaired) electrons. The lowest BCUT2D eigenvalue weighted by Gasteiger charge is -2.18. The molecule has 7 heteroatoms. The van der Waals surface area contributed by atoms with Crippen LogP contribution >= 0.6 is 11.6 Å². The topological polar surface area (TPSA) is 73.9 Å². The van der Waals surface area contributed by atoms with Gasteiger partial charge in [0.15, 0.2) is 0 Å². The molecule has 170 valence electrons. The van der Waals surface area contributed by atoms with Gasteiger partial charge in [0, 0.05) is 29.1 Å². The van der Waals surface area contributed by atoms with Crippen molar-refractivity contribution in [2.24, 2.45) is 0 Å². The van der Waals surface area contributed by atoms with E-state index >= 15 is 0 Å². The Labute approximate surface area is 193 Å². The Balaban J connectivity index is 1.65. The van der Waals surface area contributed by atoms with Crippen LogP contribution in [0.3, 0.4) is 0 Å². The molecule has 2 aromatic rings. The van der Waals surface area contributed by atoms with Crippen LogP contribution in [0.1, 0.15) is 52.4 Å². The van der Waals surface area contributed by atoms with E-state index in [-0.39, 0.29) is 18.5 Å². The number of halogens is 1. The molecule has 0 unspecified atom stereocenters. The SMILES string of the molecule is COc1c(C)c2c(c(OC)c1C/C=C(\C)CCC(=O)NCc1ccc(Cl)cc1)C(=O)OC2. The summed E-state index contributed by atoms with van der Waals surface area (Å²) in [5, 5.41) is 3.59. The lowest BCUT2D eigenvalue weighted by atomic mass is 9.94. The van der Waals surface area contributed by atoms with Crippen LogP contribution < -0.4 is 14.8 Å².